The Hall–Kier alpha value is 0.1000. The summed E-state index contributed by atoms with van der Waals surface area (Å²) in [5, 5.41) is 5.68. The summed E-state index contributed by atoms with van der Waals surface area (Å²) in [5.41, 5.74) is 0. The molecule has 2 nitrogen and oxygen atoms in total. The Morgan fingerprint density at radius 1 is 1.41 bits per heavy atom. The lowest BCUT2D eigenvalue weighted by molar-refractivity contribution is 0.247. The van der Waals surface area contributed by atoms with Gasteiger partial charge in [-0.2, -0.15) is 0 Å². The molecule has 0 bridgehead atoms. The fraction of sp³-hybridized carbons (Fsp3) is 0.692. The SMILES string of the molecule is CC(C)C[C@H](CNCc1cc(Br)cs1)N(C)C. The van der Waals surface area contributed by atoms with Crippen LogP contribution in [0.4, 0.5) is 0 Å². The van der Waals surface area contributed by atoms with Crippen LogP contribution >= 0.6 is 27.3 Å². The van der Waals surface area contributed by atoms with E-state index >= 15 is 0 Å². The molecule has 0 aromatic carbocycles. The molecule has 0 aliphatic rings. The van der Waals surface area contributed by atoms with Gasteiger partial charge in [0.2, 0.25) is 0 Å². The van der Waals surface area contributed by atoms with E-state index in [0.717, 1.165) is 19.0 Å². The number of likely N-dealkylation sites (N-methyl/N-ethyl adjacent to an activating group) is 1. The minimum absolute atomic E-state index is 0.624. The summed E-state index contributed by atoms with van der Waals surface area (Å²) in [7, 11) is 4.33. The van der Waals surface area contributed by atoms with Crippen molar-refractivity contribution in [3.05, 3.63) is 20.8 Å². The van der Waals surface area contributed by atoms with Crippen LogP contribution in [-0.4, -0.2) is 31.6 Å². The van der Waals surface area contributed by atoms with Gasteiger partial charge in [0.1, 0.15) is 0 Å². The molecule has 98 valence electrons. The maximum Gasteiger partial charge on any atom is 0.0300 e. The van der Waals surface area contributed by atoms with Crippen LogP contribution in [0.2, 0.25) is 0 Å². The molecular formula is C13H23BrN2S. The van der Waals surface area contributed by atoms with Crippen molar-refractivity contribution in [2.75, 3.05) is 20.6 Å². The highest BCUT2D eigenvalue weighted by atomic mass is 79.9. The summed E-state index contributed by atoms with van der Waals surface area (Å²) >= 11 is 5.28. The van der Waals surface area contributed by atoms with Gasteiger partial charge >= 0.3 is 0 Å². The second kappa shape index (κ2) is 7.52. The first-order valence-electron chi connectivity index (χ1n) is 6.09. The second-order valence-corrected chi connectivity index (χ2v) is 7.02. The molecule has 0 aliphatic carbocycles. The van der Waals surface area contributed by atoms with E-state index in [9.17, 15) is 0 Å². The minimum atomic E-state index is 0.624. The molecule has 1 N–H and O–H groups in total. The topological polar surface area (TPSA) is 15.3 Å². The van der Waals surface area contributed by atoms with Gasteiger partial charge in [-0.3, -0.25) is 0 Å². The molecule has 0 aliphatic heterocycles. The van der Waals surface area contributed by atoms with E-state index in [4.69, 9.17) is 0 Å². The van der Waals surface area contributed by atoms with Gasteiger partial charge in [-0.25, -0.2) is 0 Å². The zero-order chi connectivity index (χ0) is 12.8. The van der Waals surface area contributed by atoms with Gasteiger partial charge in [0.25, 0.3) is 0 Å². The second-order valence-electron chi connectivity index (χ2n) is 5.11. The Morgan fingerprint density at radius 2 is 2.12 bits per heavy atom. The van der Waals surface area contributed by atoms with E-state index in [-0.39, 0.29) is 0 Å². The average Bonchev–Trinajstić information content (AvgIpc) is 2.62. The Balaban J connectivity index is 2.31. The molecule has 0 amide bonds. The largest absolute Gasteiger partial charge is 0.310 e. The van der Waals surface area contributed by atoms with Crippen molar-refractivity contribution in [2.45, 2.75) is 32.9 Å². The Kier molecular flexibility index (Phi) is 6.70. The molecule has 4 heteroatoms. The summed E-state index contributed by atoms with van der Waals surface area (Å²) in [4.78, 5) is 3.70. The molecule has 17 heavy (non-hydrogen) atoms. The van der Waals surface area contributed by atoms with Crippen LogP contribution in [0.5, 0.6) is 0 Å². The third kappa shape index (κ3) is 6.00. The lowest BCUT2D eigenvalue weighted by atomic mass is 10.0. The summed E-state index contributed by atoms with van der Waals surface area (Å²) < 4.78 is 1.19. The van der Waals surface area contributed by atoms with Crippen LogP contribution < -0.4 is 5.32 Å². The average molecular weight is 319 g/mol. The van der Waals surface area contributed by atoms with Crippen molar-refractivity contribution in [3.63, 3.8) is 0 Å². The normalized spacial score (nSPS) is 13.6. The van der Waals surface area contributed by atoms with Crippen molar-refractivity contribution in [2.24, 2.45) is 5.92 Å². The van der Waals surface area contributed by atoms with Gasteiger partial charge in [0.15, 0.2) is 0 Å². The molecule has 1 heterocycles. The molecule has 1 rings (SSSR count). The molecule has 0 saturated carbocycles. The highest BCUT2D eigenvalue weighted by molar-refractivity contribution is 9.10. The number of nitrogens with zero attached hydrogens (tertiary/aromatic N) is 1. The van der Waals surface area contributed by atoms with Gasteiger partial charge in [-0.05, 0) is 48.4 Å². The van der Waals surface area contributed by atoms with Crippen molar-refractivity contribution in [3.8, 4) is 0 Å². The fourth-order valence-electron chi connectivity index (χ4n) is 1.83. The third-order valence-corrected chi connectivity index (χ3v) is 4.47. The number of rotatable bonds is 7. The van der Waals surface area contributed by atoms with E-state index in [1.807, 2.05) is 0 Å². The first-order valence-corrected chi connectivity index (χ1v) is 7.76. The van der Waals surface area contributed by atoms with Gasteiger partial charge in [-0.15, -0.1) is 11.3 Å². The van der Waals surface area contributed by atoms with Crippen molar-refractivity contribution in [1.29, 1.82) is 0 Å². The van der Waals surface area contributed by atoms with E-state index in [1.165, 1.54) is 15.8 Å². The van der Waals surface area contributed by atoms with Crippen LogP contribution in [0.3, 0.4) is 0 Å². The van der Waals surface area contributed by atoms with Crippen LogP contribution in [0.15, 0.2) is 15.9 Å². The number of hydrogen-bond donors (Lipinski definition) is 1. The summed E-state index contributed by atoms with van der Waals surface area (Å²) in [6.07, 6.45) is 1.24. The van der Waals surface area contributed by atoms with Gasteiger partial charge in [0, 0.05) is 33.9 Å². The first-order chi connectivity index (χ1) is 7.99. The number of halogens is 1. The molecule has 1 aromatic heterocycles. The molecule has 1 aromatic rings. The number of nitrogens with one attached hydrogen (secondary N) is 1. The maximum absolute atomic E-state index is 3.55. The summed E-state index contributed by atoms with van der Waals surface area (Å²) in [6.45, 7) is 6.60. The monoisotopic (exact) mass is 318 g/mol. The number of hydrogen-bond acceptors (Lipinski definition) is 3. The molecule has 0 saturated heterocycles. The zero-order valence-electron chi connectivity index (χ0n) is 11.2. The van der Waals surface area contributed by atoms with E-state index in [2.05, 4.69) is 65.5 Å². The highest BCUT2D eigenvalue weighted by Gasteiger charge is 2.12. The smallest absolute Gasteiger partial charge is 0.0300 e. The molecule has 0 radical (unpaired) electrons. The predicted octanol–water partition coefficient (Wildman–Crippen LogP) is 3.58. The molecule has 0 spiro atoms. The summed E-state index contributed by atoms with van der Waals surface area (Å²) in [6, 6.07) is 2.81. The fourth-order valence-corrected chi connectivity index (χ4v) is 3.25. The Morgan fingerprint density at radius 3 is 2.59 bits per heavy atom. The molecular weight excluding hydrogens is 296 g/mol. The van der Waals surface area contributed by atoms with Crippen LogP contribution in [0.25, 0.3) is 0 Å². The Labute approximate surface area is 118 Å². The van der Waals surface area contributed by atoms with Crippen molar-refractivity contribution in [1.82, 2.24) is 10.2 Å². The molecule has 0 unspecified atom stereocenters. The lowest BCUT2D eigenvalue weighted by Gasteiger charge is -2.26. The lowest BCUT2D eigenvalue weighted by Crippen LogP contribution is -2.38. The van der Waals surface area contributed by atoms with Crippen molar-refractivity contribution < 1.29 is 0 Å². The first kappa shape index (κ1) is 15.2. The number of thiophene rings is 1. The summed E-state index contributed by atoms with van der Waals surface area (Å²) in [5.74, 6) is 0.750. The molecule has 1 atom stereocenters. The van der Waals surface area contributed by atoms with Crippen LogP contribution in [-0.2, 0) is 6.54 Å². The third-order valence-electron chi connectivity index (χ3n) is 2.77. The van der Waals surface area contributed by atoms with Crippen LogP contribution in [0, 0.1) is 5.92 Å². The van der Waals surface area contributed by atoms with E-state index < -0.39 is 0 Å². The molecule has 0 fully saturated rings. The zero-order valence-corrected chi connectivity index (χ0v) is 13.6. The maximum atomic E-state index is 3.55. The van der Waals surface area contributed by atoms with Crippen molar-refractivity contribution >= 4 is 27.3 Å². The highest BCUT2D eigenvalue weighted by Crippen LogP contribution is 2.19. The van der Waals surface area contributed by atoms with Gasteiger partial charge in [-0.1, -0.05) is 13.8 Å². The minimum Gasteiger partial charge on any atom is -0.310 e. The predicted molar refractivity (Wildman–Crippen MR) is 80.7 cm³/mol. The van der Waals surface area contributed by atoms with Gasteiger partial charge < -0.3 is 10.2 Å². The van der Waals surface area contributed by atoms with E-state index in [1.54, 1.807) is 11.3 Å². The standard InChI is InChI=1S/C13H23BrN2S/c1-10(2)5-12(16(3)4)7-15-8-13-6-11(14)9-17-13/h6,9-10,12,15H,5,7-8H2,1-4H3/t12-/m1/s1. The van der Waals surface area contributed by atoms with Gasteiger partial charge in [0.05, 0.1) is 0 Å². The van der Waals surface area contributed by atoms with Crippen LogP contribution in [0.1, 0.15) is 25.1 Å². The quantitative estimate of drug-likeness (QED) is 0.826. The van der Waals surface area contributed by atoms with E-state index in [0.29, 0.717) is 6.04 Å². The Bertz CT molecular complexity index is 323.